The lowest BCUT2D eigenvalue weighted by Crippen LogP contribution is -1.99. The molecule has 0 atom stereocenters. The van der Waals surface area contributed by atoms with Crippen LogP contribution in [-0.2, 0) is 0 Å². The maximum atomic E-state index is 9.26. The van der Waals surface area contributed by atoms with Gasteiger partial charge in [0.2, 0.25) is 0 Å². The lowest BCUT2D eigenvalue weighted by atomic mass is 10.1. The first-order valence-corrected chi connectivity index (χ1v) is 7.14. The van der Waals surface area contributed by atoms with Crippen molar-refractivity contribution in [1.29, 1.82) is 10.5 Å². The minimum atomic E-state index is 0.256. The van der Waals surface area contributed by atoms with Crippen molar-refractivity contribution < 1.29 is 0 Å². The van der Waals surface area contributed by atoms with Crippen molar-refractivity contribution in [1.82, 2.24) is 15.0 Å². The van der Waals surface area contributed by atoms with E-state index < -0.39 is 0 Å². The third-order valence-electron chi connectivity index (χ3n) is 3.13. The Balaban J connectivity index is 2.17. The van der Waals surface area contributed by atoms with Crippen LogP contribution in [0.25, 0.3) is 16.9 Å². The molecule has 0 unspecified atom stereocenters. The van der Waals surface area contributed by atoms with Crippen molar-refractivity contribution in [2.75, 3.05) is 0 Å². The summed E-state index contributed by atoms with van der Waals surface area (Å²) in [6.07, 6.45) is 0. The summed E-state index contributed by atoms with van der Waals surface area (Å²) in [5.74, 6) is 0. The first-order valence-electron chi connectivity index (χ1n) is 6.35. The number of benzene rings is 2. The van der Waals surface area contributed by atoms with Crippen molar-refractivity contribution in [3.8, 4) is 29.1 Å². The van der Waals surface area contributed by atoms with Crippen LogP contribution in [0.2, 0.25) is 0 Å². The molecule has 5 nitrogen and oxygen atoms in total. The number of aromatic nitrogens is 3. The summed E-state index contributed by atoms with van der Waals surface area (Å²) in [5.41, 5.74) is 3.03. The Kier molecular flexibility index (Phi) is 3.69. The Morgan fingerprint density at radius 2 is 1.59 bits per heavy atom. The molecular formula is C16H8BrN5. The van der Waals surface area contributed by atoms with Crippen molar-refractivity contribution in [2.45, 2.75) is 0 Å². The van der Waals surface area contributed by atoms with Crippen LogP contribution in [0.15, 0.2) is 53.0 Å². The van der Waals surface area contributed by atoms with E-state index in [1.54, 1.807) is 28.9 Å². The predicted molar refractivity (Wildman–Crippen MR) is 83.9 cm³/mol. The van der Waals surface area contributed by atoms with E-state index in [2.05, 4.69) is 38.4 Å². The van der Waals surface area contributed by atoms with Crippen molar-refractivity contribution in [3.63, 3.8) is 0 Å². The molecule has 1 aromatic heterocycles. The van der Waals surface area contributed by atoms with Gasteiger partial charge in [-0.1, -0.05) is 33.3 Å². The Bertz CT molecular complexity index is 896. The van der Waals surface area contributed by atoms with Crippen LogP contribution in [0.1, 0.15) is 11.3 Å². The maximum absolute atomic E-state index is 9.26. The minimum Gasteiger partial charge on any atom is -0.211 e. The standard InChI is InChI=1S/C16H8BrN5/c17-13-5-3-12(4-6-13)16-15(10-19)20-21-22(16)14-7-1-11(9-18)2-8-14/h1-8H. The number of nitrogens with zero attached hydrogens (tertiary/aromatic N) is 5. The van der Waals surface area contributed by atoms with E-state index in [9.17, 15) is 5.26 Å². The van der Waals surface area contributed by atoms with Crippen LogP contribution in [0, 0.1) is 22.7 Å². The van der Waals surface area contributed by atoms with Crippen LogP contribution in [0.4, 0.5) is 0 Å². The second kappa shape index (κ2) is 5.80. The molecule has 2 aromatic carbocycles. The lowest BCUT2D eigenvalue weighted by Gasteiger charge is -2.07. The number of hydrogen-bond donors (Lipinski definition) is 0. The molecule has 0 radical (unpaired) electrons. The molecule has 0 fully saturated rings. The summed E-state index contributed by atoms with van der Waals surface area (Å²) >= 11 is 3.39. The van der Waals surface area contributed by atoms with Gasteiger partial charge in [-0.2, -0.15) is 10.5 Å². The molecule has 3 rings (SSSR count). The normalized spacial score (nSPS) is 9.95. The monoisotopic (exact) mass is 349 g/mol. The fourth-order valence-electron chi connectivity index (χ4n) is 2.08. The van der Waals surface area contributed by atoms with Crippen LogP contribution in [-0.4, -0.2) is 15.0 Å². The quantitative estimate of drug-likeness (QED) is 0.709. The smallest absolute Gasteiger partial charge is 0.191 e. The van der Waals surface area contributed by atoms with Gasteiger partial charge < -0.3 is 0 Å². The first-order chi connectivity index (χ1) is 10.7. The average molecular weight is 350 g/mol. The second-order valence-corrected chi connectivity index (χ2v) is 5.39. The van der Waals surface area contributed by atoms with Gasteiger partial charge in [0.25, 0.3) is 0 Å². The summed E-state index contributed by atoms with van der Waals surface area (Å²) in [7, 11) is 0. The van der Waals surface area contributed by atoms with Gasteiger partial charge >= 0.3 is 0 Å². The summed E-state index contributed by atoms with van der Waals surface area (Å²) in [6.45, 7) is 0. The summed E-state index contributed by atoms with van der Waals surface area (Å²) < 4.78 is 2.55. The maximum Gasteiger partial charge on any atom is 0.191 e. The van der Waals surface area contributed by atoms with Gasteiger partial charge in [-0.3, -0.25) is 0 Å². The zero-order valence-electron chi connectivity index (χ0n) is 11.2. The minimum absolute atomic E-state index is 0.256. The average Bonchev–Trinajstić information content (AvgIpc) is 2.99. The summed E-state index contributed by atoms with van der Waals surface area (Å²) in [6, 6.07) is 18.7. The SMILES string of the molecule is N#Cc1ccc(-n2nnc(C#N)c2-c2ccc(Br)cc2)cc1. The Morgan fingerprint density at radius 1 is 0.909 bits per heavy atom. The number of rotatable bonds is 2. The molecule has 0 amide bonds. The van der Waals surface area contributed by atoms with E-state index in [1.807, 2.05) is 24.3 Å². The lowest BCUT2D eigenvalue weighted by molar-refractivity contribution is 0.806. The summed E-state index contributed by atoms with van der Waals surface area (Å²) in [5, 5.41) is 26.1. The van der Waals surface area contributed by atoms with Crippen LogP contribution >= 0.6 is 15.9 Å². The van der Waals surface area contributed by atoms with E-state index in [-0.39, 0.29) is 5.69 Å². The zero-order chi connectivity index (χ0) is 15.5. The van der Waals surface area contributed by atoms with Gasteiger partial charge in [-0.15, -0.1) is 5.10 Å². The highest BCUT2D eigenvalue weighted by atomic mass is 79.9. The van der Waals surface area contributed by atoms with Gasteiger partial charge in [-0.05, 0) is 36.4 Å². The molecule has 0 bridgehead atoms. The largest absolute Gasteiger partial charge is 0.211 e. The molecule has 0 aliphatic rings. The van der Waals surface area contributed by atoms with Gasteiger partial charge in [0, 0.05) is 10.0 Å². The van der Waals surface area contributed by atoms with E-state index in [1.165, 1.54) is 0 Å². The van der Waals surface area contributed by atoms with E-state index in [0.29, 0.717) is 11.3 Å². The molecule has 6 heteroatoms. The fourth-order valence-corrected chi connectivity index (χ4v) is 2.35. The second-order valence-electron chi connectivity index (χ2n) is 4.48. The molecule has 0 saturated carbocycles. The van der Waals surface area contributed by atoms with Crippen LogP contribution < -0.4 is 0 Å². The Morgan fingerprint density at radius 3 is 2.18 bits per heavy atom. The Hall–Kier alpha value is -2.96. The van der Waals surface area contributed by atoms with Gasteiger partial charge in [0.05, 0.1) is 17.3 Å². The molecule has 1 heterocycles. The zero-order valence-corrected chi connectivity index (χ0v) is 12.8. The van der Waals surface area contributed by atoms with Crippen LogP contribution in [0.3, 0.4) is 0 Å². The molecule has 104 valence electrons. The summed E-state index contributed by atoms with van der Waals surface area (Å²) in [4.78, 5) is 0. The van der Waals surface area contributed by atoms with E-state index in [4.69, 9.17) is 5.26 Å². The molecule has 22 heavy (non-hydrogen) atoms. The number of nitriles is 2. The number of halogens is 1. The van der Waals surface area contributed by atoms with Crippen molar-refractivity contribution in [2.24, 2.45) is 0 Å². The molecule has 3 aromatic rings. The third kappa shape index (κ3) is 2.48. The molecule has 0 N–H and O–H groups in total. The molecule has 0 aliphatic heterocycles. The molecule has 0 spiro atoms. The van der Waals surface area contributed by atoms with Crippen LogP contribution in [0.5, 0.6) is 0 Å². The third-order valence-corrected chi connectivity index (χ3v) is 3.66. The van der Waals surface area contributed by atoms with Crippen molar-refractivity contribution >= 4 is 15.9 Å². The van der Waals surface area contributed by atoms with Crippen molar-refractivity contribution in [3.05, 3.63) is 64.3 Å². The molecule has 0 aliphatic carbocycles. The van der Waals surface area contributed by atoms with E-state index >= 15 is 0 Å². The molecule has 0 saturated heterocycles. The topological polar surface area (TPSA) is 78.3 Å². The highest BCUT2D eigenvalue weighted by Gasteiger charge is 2.16. The fraction of sp³-hybridized carbons (Fsp3) is 0. The predicted octanol–water partition coefficient (Wildman–Crippen LogP) is 3.44. The highest BCUT2D eigenvalue weighted by molar-refractivity contribution is 9.10. The molecular weight excluding hydrogens is 342 g/mol. The van der Waals surface area contributed by atoms with Gasteiger partial charge in [-0.25, -0.2) is 4.68 Å². The Labute approximate surface area is 135 Å². The van der Waals surface area contributed by atoms with E-state index in [0.717, 1.165) is 15.7 Å². The van der Waals surface area contributed by atoms with Gasteiger partial charge in [0.1, 0.15) is 11.8 Å². The van der Waals surface area contributed by atoms with Gasteiger partial charge in [0.15, 0.2) is 5.69 Å². The number of hydrogen-bond acceptors (Lipinski definition) is 4. The first kappa shape index (κ1) is 14.0. The highest BCUT2D eigenvalue weighted by Crippen LogP contribution is 2.26.